The molecule has 1 aliphatic rings. The molecule has 1 aromatic heterocycles. The number of ether oxygens (including phenoxy) is 1. The van der Waals surface area contributed by atoms with E-state index in [2.05, 4.69) is 10.3 Å². The fraction of sp³-hybridized carbons (Fsp3) is 0.462. The number of pyridine rings is 1. The largest absolute Gasteiger partial charge is 0.378 e. The average Bonchev–Trinajstić information content (AvgIpc) is 2.48. The third-order valence-electron chi connectivity index (χ3n) is 2.95. The molecule has 1 fully saturated rings. The van der Waals surface area contributed by atoms with Crippen LogP contribution in [0.25, 0.3) is 0 Å². The second-order valence-electron chi connectivity index (χ2n) is 4.35. The van der Waals surface area contributed by atoms with Gasteiger partial charge < -0.3 is 15.0 Å². The van der Waals surface area contributed by atoms with Gasteiger partial charge in [-0.1, -0.05) is 0 Å². The highest BCUT2D eigenvalue weighted by atomic mass is 16.5. The normalized spacial score (nSPS) is 16.5. The molecule has 0 aromatic carbocycles. The molecule has 0 spiro atoms. The predicted octanol–water partition coefficient (Wildman–Crippen LogP) is 0.612. The lowest BCUT2D eigenvalue weighted by atomic mass is 10.2. The molecule has 6 nitrogen and oxygen atoms in total. The number of anilines is 1. The fourth-order valence-corrected chi connectivity index (χ4v) is 1.91. The van der Waals surface area contributed by atoms with E-state index < -0.39 is 0 Å². The van der Waals surface area contributed by atoms with Crippen molar-refractivity contribution in [2.45, 2.75) is 13.0 Å². The van der Waals surface area contributed by atoms with Crippen LogP contribution in [0.2, 0.25) is 0 Å². The lowest BCUT2D eigenvalue weighted by Gasteiger charge is -2.29. The van der Waals surface area contributed by atoms with E-state index in [1.807, 2.05) is 13.0 Å². The Morgan fingerprint density at radius 1 is 1.53 bits per heavy atom. The van der Waals surface area contributed by atoms with E-state index in [1.54, 1.807) is 23.2 Å². The highest BCUT2D eigenvalue weighted by molar-refractivity contribution is 5.84. The first kappa shape index (κ1) is 13.3. The van der Waals surface area contributed by atoms with Crippen molar-refractivity contribution in [2.75, 3.05) is 31.6 Å². The number of morpholine rings is 1. The van der Waals surface area contributed by atoms with Crippen molar-refractivity contribution in [3.63, 3.8) is 0 Å². The quantitative estimate of drug-likeness (QED) is 0.861. The van der Waals surface area contributed by atoms with Crippen LogP contribution in [-0.4, -0.2) is 48.1 Å². The van der Waals surface area contributed by atoms with Gasteiger partial charge in [-0.2, -0.15) is 5.26 Å². The second kappa shape index (κ2) is 6.16. The summed E-state index contributed by atoms with van der Waals surface area (Å²) in [6.07, 6.45) is 1.56. The number of nitrogens with zero attached hydrogens (tertiary/aromatic N) is 3. The zero-order chi connectivity index (χ0) is 13.7. The maximum atomic E-state index is 12.2. The van der Waals surface area contributed by atoms with Crippen LogP contribution in [0, 0.1) is 11.3 Å². The molecule has 1 aromatic rings. The van der Waals surface area contributed by atoms with E-state index in [0.717, 1.165) is 5.69 Å². The molecule has 0 aliphatic carbocycles. The maximum Gasteiger partial charge on any atom is 0.244 e. The third kappa shape index (κ3) is 3.42. The van der Waals surface area contributed by atoms with E-state index in [4.69, 9.17) is 10.00 Å². The number of rotatable bonds is 3. The predicted molar refractivity (Wildman–Crippen MR) is 69.4 cm³/mol. The Labute approximate surface area is 112 Å². The molecule has 1 N–H and O–H groups in total. The van der Waals surface area contributed by atoms with Gasteiger partial charge in [-0.05, 0) is 19.1 Å². The van der Waals surface area contributed by atoms with Gasteiger partial charge in [0.2, 0.25) is 5.91 Å². The van der Waals surface area contributed by atoms with Crippen LogP contribution in [-0.2, 0) is 9.53 Å². The molecule has 1 amide bonds. The molecule has 1 atom stereocenters. The van der Waals surface area contributed by atoms with Crippen molar-refractivity contribution in [2.24, 2.45) is 0 Å². The molecule has 6 heteroatoms. The van der Waals surface area contributed by atoms with Gasteiger partial charge in [-0.3, -0.25) is 4.79 Å². The van der Waals surface area contributed by atoms with E-state index in [-0.39, 0.29) is 11.9 Å². The third-order valence-corrected chi connectivity index (χ3v) is 2.95. The number of hydrogen-bond donors (Lipinski definition) is 1. The van der Waals surface area contributed by atoms with Crippen LogP contribution in [0.4, 0.5) is 5.69 Å². The Balaban J connectivity index is 1.93. The molecule has 0 radical (unpaired) electrons. The summed E-state index contributed by atoms with van der Waals surface area (Å²) >= 11 is 0. The monoisotopic (exact) mass is 260 g/mol. The summed E-state index contributed by atoms with van der Waals surface area (Å²) in [7, 11) is 0. The summed E-state index contributed by atoms with van der Waals surface area (Å²) in [6.45, 7) is 4.27. The minimum absolute atomic E-state index is 0.0488. The van der Waals surface area contributed by atoms with E-state index in [0.29, 0.717) is 32.0 Å². The van der Waals surface area contributed by atoms with Crippen molar-refractivity contribution in [1.29, 1.82) is 5.26 Å². The minimum atomic E-state index is -0.326. The van der Waals surface area contributed by atoms with Gasteiger partial charge >= 0.3 is 0 Å². The van der Waals surface area contributed by atoms with Crippen molar-refractivity contribution >= 4 is 11.6 Å². The van der Waals surface area contributed by atoms with Crippen LogP contribution in [0.1, 0.15) is 12.6 Å². The number of aromatic nitrogens is 1. The smallest absolute Gasteiger partial charge is 0.244 e. The topological polar surface area (TPSA) is 78.2 Å². The number of carbonyl (C=O) groups is 1. The lowest BCUT2D eigenvalue weighted by Crippen LogP contribution is -2.47. The zero-order valence-corrected chi connectivity index (χ0v) is 10.8. The summed E-state index contributed by atoms with van der Waals surface area (Å²) < 4.78 is 5.22. The Bertz CT molecular complexity index is 474. The average molecular weight is 260 g/mol. The molecule has 1 saturated heterocycles. The summed E-state index contributed by atoms with van der Waals surface area (Å²) in [5, 5.41) is 11.7. The first-order chi connectivity index (χ1) is 9.20. The number of amides is 1. The molecule has 0 saturated carbocycles. The van der Waals surface area contributed by atoms with Crippen molar-refractivity contribution in [1.82, 2.24) is 9.88 Å². The number of nitriles is 1. The van der Waals surface area contributed by atoms with Crippen molar-refractivity contribution < 1.29 is 9.53 Å². The van der Waals surface area contributed by atoms with Crippen LogP contribution in [0.3, 0.4) is 0 Å². The lowest BCUT2D eigenvalue weighted by molar-refractivity contribution is -0.135. The Hall–Kier alpha value is -2.13. The molecule has 2 rings (SSSR count). The summed E-state index contributed by atoms with van der Waals surface area (Å²) in [5.41, 5.74) is 1.09. The van der Waals surface area contributed by atoms with Crippen LogP contribution >= 0.6 is 0 Å². The highest BCUT2D eigenvalue weighted by Gasteiger charge is 2.22. The first-order valence-corrected chi connectivity index (χ1v) is 6.20. The Morgan fingerprint density at radius 3 is 2.84 bits per heavy atom. The number of nitrogens with one attached hydrogen (secondary N) is 1. The Morgan fingerprint density at radius 2 is 2.26 bits per heavy atom. The SMILES string of the molecule is C[C@@H](Nc1ccc(C#N)nc1)C(=O)N1CCOCC1. The van der Waals surface area contributed by atoms with Gasteiger partial charge in [-0.15, -0.1) is 0 Å². The van der Waals surface area contributed by atoms with Gasteiger partial charge in [-0.25, -0.2) is 4.98 Å². The van der Waals surface area contributed by atoms with Crippen LogP contribution < -0.4 is 5.32 Å². The van der Waals surface area contributed by atoms with Crippen LogP contribution in [0.5, 0.6) is 0 Å². The highest BCUT2D eigenvalue weighted by Crippen LogP contribution is 2.09. The summed E-state index contributed by atoms with van der Waals surface area (Å²) in [6, 6.07) is 4.99. The van der Waals surface area contributed by atoms with Gasteiger partial charge in [0.1, 0.15) is 17.8 Å². The molecular weight excluding hydrogens is 244 g/mol. The Kier molecular flexibility index (Phi) is 4.31. The number of carbonyl (C=O) groups excluding carboxylic acids is 1. The standard InChI is InChI=1S/C13H16N4O2/c1-10(13(18)17-4-6-19-7-5-17)16-12-3-2-11(8-14)15-9-12/h2-3,9-10,16H,4-7H2,1H3/t10-/m1/s1. The molecule has 0 unspecified atom stereocenters. The first-order valence-electron chi connectivity index (χ1n) is 6.20. The summed E-state index contributed by atoms with van der Waals surface area (Å²) in [4.78, 5) is 17.9. The van der Waals surface area contributed by atoms with Gasteiger partial charge in [0.15, 0.2) is 0 Å². The fourth-order valence-electron chi connectivity index (χ4n) is 1.91. The minimum Gasteiger partial charge on any atom is -0.378 e. The summed E-state index contributed by atoms with van der Waals surface area (Å²) in [5.74, 6) is 0.0488. The van der Waals surface area contributed by atoms with Gasteiger partial charge in [0.05, 0.1) is 25.1 Å². The maximum absolute atomic E-state index is 12.2. The van der Waals surface area contributed by atoms with Crippen molar-refractivity contribution in [3.05, 3.63) is 24.0 Å². The molecule has 0 bridgehead atoms. The number of hydrogen-bond acceptors (Lipinski definition) is 5. The van der Waals surface area contributed by atoms with E-state index in [1.165, 1.54) is 0 Å². The zero-order valence-electron chi connectivity index (χ0n) is 10.8. The van der Waals surface area contributed by atoms with E-state index in [9.17, 15) is 4.79 Å². The molecule has 100 valence electrons. The second-order valence-corrected chi connectivity index (χ2v) is 4.35. The molecule has 19 heavy (non-hydrogen) atoms. The van der Waals surface area contributed by atoms with Crippen LogP contribution in [0.15, 0.2) is 18.3 Å². The molecule has 1 aliphatic heterocycles. The van der Waals surface area contributed by atoms with Crippen molar-refractivity contribution in [3.8, 4) is 6.07 Å². The van der Waals surface area contributed by atoms with Gasteiger partial charge in [0.25, 0.3) is 0 Å². The van der Waals surface area contributed by atoms with E-state index >= 15 is 0 Å². The molecule has 2 heterocycles. The molecular formula is C13H16N4O2. The van der Waals surface area contributed by atoms with Gasteiger partial charge in [0, 0.05) is 13.1 Å².